The maximum atomic E-state index is 13.4. The largest absolute Gasteiger partial charge is 0.492 e. The molecule has 1 fully saturated rings. The minimum absolute atomic E-state index is 0.193. The van der Waals surface area contributed by atoms with Crippen LogP contribution in [0.2, 0.25) is 0 Å². The third kappa shape index (κ3) is 7.73. The number of fused-ring (bicyclic) bond motifs is 1. The molecular formula is C32H39N7O5S. The first-order valence-corrected chi connectivity index (χ1v) is 16.4. The summed E-state index contributed by atoms with van der Waals surface area (Å²) in [5, 5.41) is 7.30. The van der Waals surface area contributed by atoms with Crippen LogP contribution in [0.3, 0.4) is 0 Å². The van der Waals surface area contributed by atoms with Crippen LogP contribution in [0.15, 0.2) is 60.8 Å². The van der Waals surface area contributed by atoms with Gasteiger partial charge in [0.2, 0.25) is 21.9 Å². The van der Waals surface area contributed by atoms with E-state index in [0.29, 0.717) is 29.0 Å². The molecule has 0 spiro atoms. The van der Waals surface area contributed by atoms with Crippen LogP contribution < -0.4 is 29.7 Å². The van der Waals surface area contributed by atoms with Gasteiger partial charge in [0.05, 0.1) is 30.4 Å². The predicted octanol–water partition coefficient (Wildman–Crippen LogP) is 5.50. The van der Waals surface area contributed by atoms with Crippen molar-refractivity contribution in [3.63, 3.8) is 0 Å². The molecule has 0 bridgehead atoms. The number of hydrogen-bond donors (Lipinski definition) is 3. The molecule has 0 saturated carbocycles. The number of piperazine rings is 1. The molecule has 5 rings (SSSR count). The molecule has 0 unspecified atom stereocenters. The topological polar surface area (TPSA) is 138 Å². The zero-order valence-corrected chi connectivity index (χ0v) is 27.2. The summed E-state index contributed by atoms with van der Waals surface area (Å²) >= 11 is 0. The standard InChI is InChI=1S/C32H39N7O5S/c1-32(2,3)21-19-25(29(43-5)26(20-21)37-45(6,41)42)35-31(40)34-24-11-12-27(23-10-8-7-9-22(23)24)44-28-13-14-33-30(36-28)39-17-15-38(4)16-18-39/h7-14,19-20,37H,15-18H2,1-6H3,(H2,34,35,40). The van der Waals surface area contributed by atoms with Crippen LogP contribution in [-0.2, 0) is 15.4 Å². The molecular weight excluding hydrogens is 594 g/mol. The SMILES string of the molecule is COc1c(NC(=O)Nc2ccc(Oc3ccnc(N4CCN(C)CC4)n3)c3ccccc23)cc(C(C)(C)C)cc1NS(C)(=O)=O. The molecule has 1 aliphatic rings. The molecule has 1 aliphatic heterocycles. The van der Waals surface area contributed by atoms with Crippen molar-refractivity contribution in [3.8, 4) is 17.4 Å². The highest BCUT2D eigenvalue weighted by molar-refractivity contribution is 7.92. The van der Waals surface area contributed by atoms with Crippen molar-refractivity contribution in [1.29, 1.82) is 0 Å². The number of nitrogens with zero attached hydrogens (tertiary/aromatic N) is 4. The van der Waals surface area contributed by atoms with Gasteiger partial charge in [0.1, 0.15) is 5.75 Å². The second-order valence-corrected chi connectivity index (χ2v) is 13.8. The summed E-state index contributed by atoms with van der Waals surface area (Å²) in [6, 6.07) is 15.8. The minimum Gasteiger partial charge on any atom is -0.492 e. The van der Waals surface area contributed by atoms with Gasteiger partial charge >= 0.3 is 6.03 Å². The number of sulfonamides is 1. The fourth-order valence-electron chi connectivity index (χ4n) is 5.06. The second kappa shape index (κ2) is 12.8. The number of amides is 2. The van der Waals surface area contributed by atoms with E-state index in [1.165, 1.54) is 7.11 Å². The van der Waals surface area contributed by atoms with Crippen LogP contribution in [0, 0.1) is 0 Å². The molecule has 0 aliphatic carbocycles. The lowest BCUT2D eigenvalue weighted by molar-refractivity contribution is 0.262. The molecule has 45 heavy (non-hydrogen) atoms. The number of carbonyl (C=O) groups excluding carboxylic acids is 1. The van der Waals surface area contributed by atoms with Crippen LogP contribution in [0.1, 0.15) is 26.3 Å². The Hall–Kier alpha value is -4.62. The number of anilines is 4. The van der Waals surface area contributed by atoms with Gasteiger partial charge in [-0.05, 0) is 42.3 Å². The number of benzene rings is 3. The lowest BCUT2D eigenvalue weighted by Crippen LogP contribution is -2.45. The van der Waals surface area contributed by atoms with Crippen LogP contribution >= 0.6 is 0 Å². The number of carbonyl (C=O) groups is 1. The number of methoxy groups -OCH3 is 1. The zero-order valence-electron chi connectivity index (χ0n) is 26.3. The highest BCUT2D eigenvalue weighted by Gasteiger charge is 2.23. The average Bonchev–Trinajstić information content (AvgIpc) is 2.97. The van der Waals surface area contributed by atoms with Crippen molar-refractivity contribution in [1.82, 2.24) is 14.9 Å². The molecule has 13 heteroatoms. The Labute approximate surface area is 263 Å². The number of aromatic nitrogens is 2. The molecule has 238 valence electrons. The number of hydrogen-bond acceptors (Lipinski definition) is 9. The summed E-state index contributed by atoms with van der Waals surface area (Å²) in [6.45, 7) is 9.54. The van der Waals surface area contributed by atoms with Crippen molar-refractivity contribution in [2.24, 2.45) is 0 Å². The van der Waals surface area contributed by atoms with Gasteiger partial charge in [0.25, 0.3) is 0 Å². The number of likely N-dealkylation sites (N-methyl/N-ethyl adjacent to an activating group) is 1. The van der Waals surface area contributed by atoms with Crippen LogP contribution in [0.25, 0.3) is 10.8 Å². The Kier molecular flexibility index (Phi) is 9.03. The fourth-order valence-corrected chi connectivity index (χ4v) is 5.61. The van der Waals surface area contributed by atoms with E-state index in [1.54, 1.807) is 36.5 Å². The quantitative estimate of drug-likeness (QED) is 0.230. The van der Waals surface area contributed by atoms with Crippen molar-refractivity contribution in [3.05, 3.63) is 66.4 Å². The summed E-state index contributed by atoms with van der Waals surface area (Å²) in [5.74, 6) is 1.82. The lowest BCUT2D eigenvalue weighted by atomic mass is 9.86. The molecule has 2 amide bonds. The van der Waals surface area contributed by atoms with Gasteiger partial charge in [-0.15, -0.1) is 0 Å². The maximum absolute atomic E-state index is 13.4. The summed E-state index contributed by atoms with van der Waals surface area (Å²) < 4.78 is 38.4. The van der Waals surface area contributed by atoms with Gasteiger partial charge in [0.15, 0.2) is 5.75 Å². The molecule has 1 aromatic heterocycles. The molecule has 2 heterocycles. The zero-order chi connectivity index (χ0) is 32.4. The number of ether oxygens (including phenoxy) is 2. The van der Waals surface area contributed by atoms with Gasteiger partial charge < -0.3 is 29.9 Å². The monoisotopic (exact) mass is 633 g/mol. The Bertz CT molecular complexity index is 1820. The Balaban J connectivity index is 1.40. The summed E-state index contributed by atoms with van der Waals surface area (Å²) in [6.07, 6.45) is 2.75. The van der Waals surface area contributed by atoms with E-state index in [1.807, 2.05) is 45.0 Å². The first-order chi connectivity index (χ1) is 21.3. The molecule has 1 saturated heterocycles. The highest BCUT2D eigenvalue weighted by Crippen LogP contribution is 2.40. The second-order valence-electron chi connectivity index (χ2n) is 12.1. The number of urea groups is 1. The summed E-state index contributed by atoms with van der Waals surface area (Å²) in [5.41, 5.74) is 1.57. The Morgan fingerprint density at radius 3 is 2.24 bits per heavy atom. The van der Waals surface area contributed by atoms with Crippen molar-refractivity contribution in [2.75, 3.05) is 66.8 Å². The van der Waals surface area contributed by atoms with Crippen LogP contribution in [0.5, 0.6) is 17.4 Å². The molecule has 0 atom stereocenters. The van der Waals surface area contributed by atoms with Crippen molar-refractivity contribution >= 4 is 49.8 Å². The number of rotatable bonds is 8. The average molecular weight is 634 g/mol. The van der Waals surface area contributed by atoms with Crippen LogP contribution in [0.4, 0.5) is 27.8 Å². The van der Waals surface area contributed by atoms with Crippen LogP contribution in [-0.4, -0.2) is 75.9 Å². The Morgan fingerprint density at radius 1 is 0.911 bits per heavy atom. The molecule has 3 aromatic carbocycles. The summed E-state index contributed by atoms with van der Waals surface area (Å²) in [7, 11) is -0.0933. The van der Waals surface area contributed by atoms with E-state index in [2.05, 4.69) is 42.2 Å². The van der Waals surface area contributed by atoms with Gasteiger partial charge in [-0.1, -0.05) is 45.0 Å². The molecule has 12 nitrogen and oxygen atoms in total. The van der Waals surface area contributed by atoms with Crippen molar-refractivity contribution < 1.29 is 22.7 Å². The third-order valence-electron chi connectivity index (χ3n) is 7.45. The van der Waals surface area contributed by atoms with E-state index in [4.69, 9.17) is 9.47 Å². The van der Waals surface area contributed by atoms with Gasteiger partial charge in [-0.2, -0.15) is 4.98 Å². The van der Waals surface area contributed by atoms with Gasteiger partial charge in [0, 0.05) is 49.2 Å². The smallest absolute Gasteiger partial charge is 0.323 e. The fraction of sp³-hybridized carbons (Fsp3) is 0.344. The number of nitrogens with one attached hydrogen (secondary N) is 3. The van der Waals surface area contributed by atoms with E-state index in [0.717, 1.165) is 48.8 Å². The normalized spacial score (nSPS) is 14.2. The van der Waals surface area contributed by atoms with Gasteiger partial charge in [-0.3, -0.25) is 4.72 Å². The first-order valence-electron chi connectivity index (χ1n) is 14.5. The van der Waals surface area contributed by atoms with E-state index < -0.39 is 16.1 Å². The Morgan fingerprint density at radius 2 is 1.58 bits per heavy atom. The highest BCUT2D eigenvalue weighted by atomic mass is 32.2. The third-order valence-corrected chi connectivity index (χ3v) is 8.04. The van der Waals surface area contributed by atoms with Crippen molar-refractivity contribution in [2.45, 2.75) is 26.2 Å². The van der Waals surface area contributed by atoms with E-state index in [9.17, 15) is 13.2 Å². The lowest BCUT2D eigenvalue weighted by Gasteiger charge is -2.32. The van der Waals surface area contributed by atoms with E-state index in [-0.39, 0.29) is 16.9 Å². The molecule has 4 aromatic rings. The van der Waals surface area contributed by atoms with E-state index >= 15 is 0 Å². The maximum Gasteiger partial charge on any atom is 0.323 e. The predicted molar refractivity (Wildman–Crippen MR) is 179 cm³/mol. The minimum atomic E-state index is -3.61. The first kappa shape index (κ1) is 31.8. The molecule has 3 N–H and O–H groups in total. The van der Waals surface area contributed by atoms with Gasteiger partial charge in [-0.25, -0.2) is 18.2 Å². The summed E-state index contributed by atoms with van der Waals surface area (Å²) in [4.78, 5) is 26.9. The molecule has 0 radical (unpaired) electrons.